The van der Waals surface area contributed by atoms with E-state index in [2.05, 4.69) is 40.7 Å². The number of hydrogen-bond donors (Lipinski definition) is 15. The smallest absolute Gasteiger partial charge is 0.315 e. The minimum atomic E-state index is -2.33. The molecule has 27 unspecified atom stereocenters. The Labute approximate surface area is 544 Å². The molecule has 8 saturated heterocycles. The zero-order valence-electron chi connectivity index (χ0n) is 54.4. The number of rotatable bonds is 5. The highest BCUT2D eigenvalue weighted by Gasteiger charge is 2.72. The monoisotopic (exact) mass is 1350 g/mol. The molecule has 30 nitrogen and oxygen atoms in total. The highest BCUT2D eigenvalue weighted by Crippen LogP contribution is 2.76. The van der Waals surface area contributed by atoms with Crippen molar-refractivity contribution in [2.24, 2.45) is 50.2 Å². The molecule has 536 valence electrons. The maximum absolute atomic E-state index is 15.6. The highest BCUT2D eigenvalue weighted by atomic mass is 16.8. The van der Waals surface area contributed by atoms with Crippen molar-refractivity contribution in [2.45, 2.75) is 285 Å². The van der Waals surface area contributed by atoms with Gasteiger partial charge in [-0.3, -0.25) is 14.4 Å². The molecule has 4 saturated carbocycles. The molecule has 0 radical (unpaired) electrons. The highest BCUT2D eigenvalue weighted by molar-refractivity contribution is 5.79. The second kappa shape index (κ2) is 26.6. The molecule has 30 heteroatoms. The summed E-state index contributed by atoms with van der Waals surface area (Å²) in [4.78, 5) is 43.2. The lowest BCUT2D eigenvalue weighted by molar-refractivity contribution is -0.377. The molecule has 12 bridgehead atoms. The van der Waals surface area contributed by atoms with E-state index in [9.17, 15) is 86.2 Å². The van der Waals surface area contributed by atoms with Gasteiger partial charge >= 0.3 is 17.9 Å². The Hall–Kier alpha value is -2.81. The van der Waals surface area contributed by atoms with Crippen LogP contribution in [0.3, 0.4) is 0 Å². The molecule has 0 aromatic heterocycles. The van der Waals surface area contributed by atoms with Crippen LogP contribution in [0.4, 0.5) is 0 Å². The summed E-state index contributed by atoms with van der Waals surface area (Å²) >= 11 is 0. The van der Waals surface area contributed by atoms with Gasteiger partial charge in [0.05, 0.1) is 75.2 Å². The van der Waals surface area contributed by atoms with Crippen molar-refractivity contribution in [3.63, 3.8) is 0 Å². The molecule has 5 aliphatic carbocycles. The van der Waals surface area contributed by atoms with Crippen molar-refractivity contribution in [3.05, 3.63) is 11.6 Å². The van der Waals surface area contributed by atoms with Gasteiger partial charge in [-0.15, -0.1) is 0 Å². The summed E-state index contributed by atoms with van der Waals surface area (Å²) in [5.74, 6) is -4.01. The molecule has 0 aromatic carbocycles. The lowest BCUT2D eigenvalue weighted by atomic mass is 9.33. The van der Waals surface area contributed by atoms with Crippen molar-refractivity contribution < 1.29 is 148 Å². The van der Waals surface area contributed by atoms with Gasteiger partial charge in [-0.05, 0) is 111 Å². The third-order valence-electron chi connectivity index (χ3n) is 24.4. The predicted molar refractivity (Wildman–Crippen MR) is 312 cm³/mol. The largest absolute Gasteiger partial charge is 0.457 e. The second-order valence-corrected chi connectivity index (χ2v) is 31.0. The van der Waals surface area contributed by atoms with Gasteiger partial charge in [0.15, 0.2) is 43.5 Å². The Balaban J connectivity index is 0.954. The molecule has 12 fully saturated rings. The average Bonchev–Trinajstić information content (AvgIpc) is 0.674. The van der Waals surface area contributed by atoms with Crippen molar-refractivity contribution >= 4 is 17.9 Å². The van der Waals surface area contributed by atoms with Gasteiger partial charge in [-0.2, -0.15) is 0 Å². The lowest BCUT2D eigenvalue weighted by Gasteiger charge is -2.72. The Morgan fingerprint density at radius 3 is 1.86 bits per heavy atom. The molecule has 0 aromatic rings. The SMILES string of the molecule is CC1OC2OC3C(OCC(O)C3O)OC(=O)[C@]34CCC(C)(C)CC3C3=CCC5[C@@]6(C)C[C@H](O)[C@H](OC7OC(CO)C(O)C(O)C7OC7OCC(OC(=O)CC(C)(O)CC(=O)OC1C(OC1OC(CO)C(O)C(O)C1O)C2O)C(O)C7O)[C@@](C)(CO)C6CC[C@@]5(C)[C@]3(C)CC4. The van der Waals surface area contributed by atoms with E-state index in [1.165, 1.54) is 6.92 Å². The first-order valence-corrected chi connectivity index (χ1v) is 33.2. The molecule has 15 N–H and O–H groups in total. The summed E-state index contributed by atoms with van der Waals surface area (Å²) in [5.41, 5.74) is -5.62. The second-order valence-electron chi connectivity index (χ2n) is 31.0. The Morgan fingerprint density at radius 1 is 0.553 bits per heavy atom. The molecule has 0 amide bonds. The maximum atomic E-state index is 15.6. The molecule has 34 atom stereocenters. The third-order valence-corrected chi connectivity index (χ3v) is 24.4. The van der Waals surface area contributed by atoms with E-state index in [0.29, 0.717) is 51.4 Å². The van der Waals surface area contributed by atoms with Crippen molar-refractivity contribution in [1.82, 2.24) is 0 Å². The quantitative estimate of drug-likeness (QED) is 0.0554. The lowest BCUT2D eigenvalue weighted by Crippen LogP contribution is -2.70. The minimum absolute atomic E-state index is 0.121. The fourth-order valence-electron chi connectivity index (χ4n) is 18.8. The number of hydrogen-bond acceptors (Lipinski definition) is 30. The van der Waals surface area contributed by atoms with Gasteiger partial charge in [0.1, 0.15) is 85.5 Å². The fourth-order valence-corrected chi connectivity index (χ4v) is 18.8. The number of ether oxygens (including phenoxy) is 12. The average molecular weight is 1350 g/mol. The first kappa shape index (κ1) is 72.4. The van der Waals surface area contributed by atoms with E-state index in [1.54, 1.807) is 0 Å². The van der Waals surface area contributed by atoms with Crippen LogP contribution >= 0.6 is 0 Å². The fraction of sp³-hybridized carbons (Fsp3) is 0.922. The molecule has 1 spiro atoms. The van der Waals surface area contributed by atoms with E-state index < -0.39 is 256 Å². The van der Waals surface area contributed by atoms with Crippen LogP contribution < -0.4 is 0 Å². The number of allylic oxidation sites excluding steroid dienone is 2. The number of aliphatic hydroxyl groups excluding tert-OH is 14. The van der Waals surface area contributed by atoms with Crippen LogP contribution in [0.25, 0.3) is 0 Å². The standard InChI is InChI=1S/C64H100O30/c1-26-47-48(90-53-45(79)42(76)39(73)31(21-65)87-53)46(80)54(85-26)92-49-38(72)30(69)23-83-55(49)94-57(81)64-15-13-58(2,3)17-28(64)27-9-10-35-60(5)18-29(68)51(61(6,25-67)34(60)11-12-63(35,8)62(27,7)14-16-64)93-56-50(43(77)40(74)32(22-66)88-56)91-52-44(78)41(75)33(24-84-52)86-36(70)19-59(4,82)20-37(71)89-47/h9,26,28-35,38-56,65-69,72-80,82H,10-25H2,1-8H3/t26?,28?,29-,30?,31?,32?,33?,34?,35?,38?,39?,40?,41?,42?,43?,44?,45?,46?,47?,48?,49?,50?,51-,52?,53?,54?,55?,56?,59?,60-,61-,62+,63+,64-/m0/s1. The molecule has 12 aliphatic heterocycles. The first-order chi connectivity index (χ1) is 44.0. The van der Waals surface area contributed by atoms with Gasteiger partial charge in [0.2, 0.25) is 6.29 Å². The van der Waals surface area contributed by atoms with Crippen LogP contribution in [-0.4, -0.2) is 287 Å². The molecule has 17 aliphatic rings. The van der Waals surface area contributed by atoms with Gasteiger partial charge in [0, 0.05) is 5.41 Å². The summed E-state index contributed by atoms with van der Waals surface area (Å²) in [6, 6.07) is 0. The van der Waals surface area contributed by atoms with E-state index in [-0.39, 0.29) is 23.7 Å². The van der Waals surface area contributed by atoms with E-state index in [4.69, 9.17) is 56.8 Å². The number of carbonyl (C=O) groups excluding carboxylic acids is 3. The van der Waals surface area contributed by atoms with Crippen molar-refractivity contribution in [1.29, 1.82) is 0 Å². The number of aliphatic hydroxyl groups is 15. The summed E-state index contributed by atoms with van der Waals surface area (Å²) in [6.07, 6.45) is -40.0. The first-order valence-electron chi connectivity index (χ1n) is 33.2. The van der Waals surface area contributed by atoms with Crippen LogP contribution in [0.5, 0.6) is 0 Å². The third kappa shape index (κ3) is 12.4. The van der Waals surface area contributed by atoms with Gasteiger partial charge < -0.3 is 133 Å². The summed E-state index contributed by atoms with van der Waals surface area (Å²) in [7, 11) is 0. The summed E-state index contributed by atoms with van der Waals surface area (Å²) in [6.45, 7) is 11.7. The maximum Gasteiger partial charge on any atom is 0.315 e. The Kier molecular flexibility index (Phi) is 20.5. The molecular formula is C64H100O30. The number of carbonyl (C=O) groups is 3. The van der Waals surface area contributed by atoms with Crippen LogP contribution in [0, 0.1) is 50.2 Å². The van der Waals surface area contributed by atoms with Gasteiger partial charge in [-0.25, -0.2) is 0 Å². The van der Waals surface area contributed by atoms with E-state index in [0.717, 1.165) is 12.5 Å². The Bertz CT molecular complexity index is 2750. The number of esters is 3. The van der Waals surface area contributed by atoms with Crippen LogP contribution in [0.2, 0.25) is 0 Å². The van der Waals surface area contributed by atoms with Crippen LogP contribution in [0.1, 0.15) is 126 Å². The zero-order valence-corrected chi connectivity index (χ0v) is 54.4. The van der Waals surface area contributed by atoms with E-state index >= 15 is 4.79 Å². The minimum Gasteiger partial charge on any atom is -0.457 e. The summed E-state index contributed by atoms with van der Waals surface area (Å²) < 4.78 is 72.5. The topological polar surface area (TPSA) is 465 Å². The zero-order chi connectivity index (χ0) is 68.5. The summed E-state index contributed by atoms with van der Waals surface area (Å²) in [5, 5.41) is 170. The predicted octanol–water partition coefficient (Wildman–Crippen LogP) is -3.32. The van der Waals surface area contributed by atoms with Gasteiger partial charge in [0.25, 0.3) is 0 Å². The van der Waals surface area contributed by atoms with Crippen LogP contribution in [-0.2, 0) is 71.2 Å². The van der Waals surface area contributed by atoms with Crippen LogP contribution in [0.15, 0.2) is 11.6 Å². The van der Waals surface area contributed by atoms with Crippen molar-refractivity contribution in [3.8, 4) is 0 Å². The van der Waals surface area contributed by atoms with Crippen molar-refractivity contribution in [2.75, 3.05) is 33.0 Å². The Morgan fingerprint density at radius 2 is 1.18 bits per heavy atom. The van der Waals surface area contributed by atoms with Gasteiger partial charge in [-0.1, -0.05) is 53.2 Å². The molecule has 94 heavy (non-hydrogen) atoms. The molecule has 12 heterocycles. The normalized spacial score (nSPS) is 54.3. The van der Waals surface area contributed by atoms with E-state index in [1.807, 2.05) is 6.92 Å². The molecular weight excluding hydrogens is 1250 g/mol. The molecule has 17 rings (SSSR count).